The van der Waals surface area contributed by atoms with Crippen molar-refractivity contribution in [3.8, 4) is 11.5 Å². The first kappa shape index (κ1) is 23.1. The van der Waals surface area contributed by atoms with E-state index in [2.05, 4.69) is 13.0 Å². The first-order valence-corrected chi connectivity index (χ1v) is 10.4. The van der Waals surface area contributed by atoms with Crippen molar-refractivity contribution in [2.45, 2.75) is 90.6 Å². The lowest BCUT2D eigenvalue weighted by molar-refractivity contribution is -0.144. The van der Waals surface area contributed by atoms with Crippen LogP contribution in [0, 0.1) is 0 Å². The lowest BCUT2D eigenvalue weighted by Crippen LogP contribution is -2.13. The van der Waals surface area contributed by atoms with Gasteiger partial charge in [0.15, 0.2) is 0 Å². The van der Waals surface area contributed by atoms with Crippen LogP contribution in [0.1, 0.15) is 83.6 Å². The van der Waals surface area contributed by atoms with E-state index in [4.69, 9.17) is 4.74 Å². The highest BCUT2D eigenvalue weighted by Crippen LogP contribution is 2.22. The molecule has 4 nitrogen and oxygen atoms in total. The third-order valence-corrected chi connectivity index (χ3v) is 4.56. The fraction of sp³-hybridized carbons (Fsp3) is 0.609. The monoisotopic (exact) mass is 376 g/mol. The zero-order chi connectivity index (χ0) is 19.9. The predicted octanol–water partition coefficient (Wildman–Crippen LogP) is 6.05. The van der Waals surface area contributed by atoms with Crippen molar-refractivity contribution in [2.24, 2.45) is 0 Å². The molecule has 0 heterocycles. The summed E-state index contributed by atoms with van der Waals surface area (Å²) in [7, 11) is 0. The Labute approximate surface area is 164 Å². The first-order chi connectivity index (χ1) is 13.0. The average Bonchev–Trinajstić information content (AvgIpc) is 2.59. The zero-order valence-corrected chi connectivity index (χ0v) is 17.0. The summed E-state index contributed by atoms with van der Waals surface area (Å²) in [6, 6.07) is 4.78. The minimum Gasteiger partial charge on any atom is -0.508 e. The van der Waals surface area contributed by atoms with Crippen LogP contribution in [0.2, 0.25) is 0 Å². The number of esters is 1. The van der Waals surface area contributed by atoms with Gasteiger partial charge in [0.25, 0.3) is 0 Å². The highest BCUT2D eigenvalue weighted by molar-refractivity contribution is 5.66. The minimum absolute atomic E-state index is 0.0762. The Hall–Kier alpha value is -1.97. The number of unbranched alkanes of at least 4 members (excludes halogenated alkanes) is 7. The molecule has 27 heavy (non-hydrogen) atoms. The molecule has 0 aliphatic rings. The number of ether oxygens (including phenoxy) is 1. The van der Waals surface area contributed by atoms with Crippen LogP contribution < -0.4 is 0 Å². The van der Waals surface area contributed by atoms with Gasteiger partial charge in [0.05, 0.1) is 0 Å². The number of carbonyl (C=O) groups is 1. The van der Waals surface area contributed by atoms with Crippen LogP contribution in [-0.2, 0) is 16.0 Å². The van der Waals surface area contributed by atoms with Crippen molar-refractivity contribution < 1.29 is 19.7 Å². The van der Waals surface area contributed by atoms with E-state index in [-0.39, 0.29) is 23.6 Å². The smallest absolute Gasteiger partial charge is 0.303 e. The minimum atomic E-state index is -0.207. The molecule has 0 radical (unpaired) electrons. The Balaban J connectivity index is 2.12. The molecule has 0 amide bonds. The standard InChI is InChI=1S/C23H36O4/c1-3-4-10-14-23(27-19(2)24)15-12-9-7-5-6-8-11-13-20-16-21(25)18-22(26)17-20/h12,15-18,23,25-26H,3-11,13-14H2,1-2H3/t23-/m1/s1. The second kappa shape index (κ2) is 14.1. The van der Waals surface area contributed by atoms with Crippen molar-refractivity contribution in [2.75, 3.05) is 0 Å². The van der Waals surface area contributed by atoms with Crippen molar-refractivity contribution in [1.29, 1.82) is 0 Å². The van der Waals surface area contributed by atoms with Gasteiger partial charge in [-0.1, -0.05) is 45.1 Å². The van der Waals surface area contributed by atoms with Crippen molar-refractivity contribution in [3.63, 3.8) is 0 Å². The maximum atomic E-state index is 11.2. The number of allylic oxidation sites excluding steroid dienone is 1. The van der Waals surface area contributed by atoms with E-state index >= 15 is 0 Å². The van der Waals surface area contributed by atoms with E-state index < -0.39 is 0 Å². The Morgan fingerprint density at radius 1 is 1.00 bits per heavy atom. The second-order valence-corrected chi connectivity index (χ2v) is 7.24. The largest absolute Gasteiger partial charge is 0.508 e. The number of carbonyl (C=O) groups excluding carboxylic acids is 1. The molecule has 152 valence electrons. The predicted molar refractivity (Wildman–Crippen MR) is 110 cm³/mol. The molecule has 1 aromatic rings. The maximum absolute atomic E-state index is 11.2. The highest BCUT2D eigenvalue weighted by atomic mass is 16.5. The molecule has 0 aromatic heterocycles. The van der Waals surface area contributed by atoms with E-state index in [9.17, 15) is 15.0 Å². The maximum Gasteiger partial charge on any atom is 0.303 e. The van der Waals surface area contributed by atoms with Crippen LogP contribution in [0.4, 0.5) is 0 Å². The fourth-order valence-corrected chi connectivity index (χ4v) is 3.17. The topological polar surface area (TPSA) is 66.8 Å². The Kier molecular flexibility index (Phi) is 12.1. The van der Waals surface area contributed by atoms with Crippen LogP contribution in [0.15, 0.2) is 30.4 Å². The molecular weight excluding hydrogens is 340 g/mol. The number of hydrogen-bond acceptors (Lipinski definition) is 4. The molecule has 0 spiro atoms. The van der Waals surface area contributed by atoms with E-state index in [1.54, 1.807) is 12.1 Å². The van der Waals surface area contributed by atoms with Crippen LogP contribution in [0.5, 0.6) is 11.5 Å². The van der Waals surface area contributed by atoms with E-state index in [0.29, 0.717) is 0 Å². The normalized spacial score (nSPS) is 12.4. The molecule has 0 bridgehead atoms. The number of hydrogen-bond donors (Lipinski definition) is 2. The number of aromatic hydroxyl groups is 2. The molecule has 1 rings (SSSR count). The van der Waals surface area contributed by atoms with Crippen LogP contribution in [-0.4, -0.2) is 22.3 Å². The van der Waals surface area contributed by atoms with Gasteiger partial charge in [0, 0.05) is 13.0 Å². The molecule has 0 unspecified atom stereocenters. The summed E-state index contributed by atoms with van der Waals surface area (Å²) in [4.78, 5) is 11.2. The van der Waals surface area contributed by atoms with E-state index in [0.717, 1.165) is 50.5 Å². The molecule has 2 N–H and O–H groups in total. The Morgan fingerprint density at radius 2 is 1.67 bits per heavy atom. The quantitative estimate of drug-likeness (QED) is 0.236. The third kappa shape index (κ3) is 12.1. The first-order valence-electron chi connectivity index (χ1n) is 10.4. The molecule has 4 heteroatoms. The van der Waals surface area contributed by atoms with Crippen molar-refractivity contribution in [1.82, 2.24) is 0 Å². The Bertz CT molecular complexity index is 545. The Morgan fingerprint density at radius 3 is 2.33 bits per heavy atom. The molecule has 0 fully saturated rings. The van der Waals surface area contributed by atoms with Crippen LogP contribution >= 0.6 is 0 Å². The number of aryl methyl sites for hydroxylation is 1. The van der Waals surface area contributed by atoms with E-state index in [1.165, 1.54) is 38.7 Å². The second-order valence-electron chi connectivity index (χ2n) is 7.24. The molecular formula is C23H36O4. The summed E-state index contributed by atoms with van der Waals surface area (Å²) in [5, 5.41) is 18.9. The summed E-state index contributed by atoms with van der Waals surface area (Å²) in [6.45, 7) is 3.64. The average molecular weight is 377 g/mol. The summed E-state index contributed by atoms with van der Waals surface area (Å²) < 4.78 is 5.35. The molecule has 0 aliphatic heterocycles. The third-order valence-electron chi connectivity index (χ3n) is 4.56. The number of benzene rings is 1. The lowest BCUT2D eigenvalue weighted by Gasteiger charge is -2.12. The van der Waals surface area contributed by atoms with Crippen LogP contribution in [0.3, 0.4) is 0 Å². The van der Waals surface area contributed by atoms with Crippen molar-refractivity contribution in [3.05, 3.63) is 35.9 Å². The molecule has 1 aromatic carbocycles. The SMILES string of the molecule is CCCCC[C@H](C=CCCCCCCCc1cc(O)cc(O)c1)OC(C)=O. The van der Waals surface area contributed by atoms with Gasteiger partial charge in [-0.2, -0.15) is 0 Å². The van der Waals surface area contributed by atoms with Crippen molar-refractivity contribution >= 4 is 5.97 Å². The lowest BCUT2D eigenvalue weighted by atomic mass is 10.0. The van der Waals surface area contributed by atoms with Gasteiger partial charge in [-0.25, -0.2) is 0 Å². The van der Waals surface area contributed by atoms with Gasteiger partial charge in [-0.05, 0) is 62.3 Å². The molecule has 0 aliphatic carbocycles. The molecule has 0 saturated heterocycles. The summed E-state index contributed by atoms with van der Waals surface area (Å²) in [6.07, 6.45) is 16.1. The molecule has 1 atom stereocenters. The number of phenolic OH excluding ortho intramolecular Hbond substituents is 2. The summed E-state index contributed by atoms with van der Waals surface area (Å²) in [5.74, 6) is 0.0401. The van der Waals surface area contributed by atoms with Gasteiger partial charge in [-0.15, -0.1) is 0 Å². The fourth-order valence-electron chi connectivity index (χ4n) is 3.17. The zero-order valence-electron chi connectivity index (χ0n) is 17.0. The van der Waals surface area contributed by atoms with Gasteiger partial charge in [-0.3, -0.25) is 4.79 Å². The molecule has 0 saturated carbocycles. The van der Waals surface area contributed by atoms with Gasteiger partial charge < -0.3 is 14.9 Å². The van der Waals surface area contributed by atoms with Crippen LogP contribution in [0.25, 0.3) is 0 Å². The van der Waals surface area contributed by atoms with E-state index in [1.807, 2.05) is 6.08 Å². The van der Waals surface area contributed by atoms with Gasteiger partial charge in [0.2, 0.25) is 0 Å². The summed E-state index contributed by atoms with van der Waals surface area (Å²) in [5.41, 5.74) is 0.981. The summed E-state index contributed by atoms with van der Waals surface area (Å²) >= 11 is 0. The number of rotatable bonds is 14. The van der Waals surface area contributed by atoms with Gasteiger partial charge >= 0.3 is 5.97 Å². The van der Waals surface area contributed by atoms with Gasteiger partial charge in [0.1, 0.15) is 17.6 Å². The number of phenols is 2. The highest BCUT2D eigenvalue weighted by Gasteiger charge is 2.07.